The first-order valence-corrected chi connectivity index (χ1v) is 5.08. The van der Waals surface area contributed by atoms with Crippen LogP contribution in [0.2, 0.25) is 0 Å². The number of halogens is 2. The fourth-order valence-electron chi connectivity index (χ4n) is 0.769. The lowest BCUT2D eigenvalue weighted by atomic mass is 10.4. The third-order valence-electron chi connectivity index (χ3n) is 1.28. The second-order valence-electron chi connectivity index (χ2n) is 2.23. The van der Waals surface area contributed by atoms with Gasteiger partial charge in [0.25, 0.3) is 0 Å². The number of nitrogens with one attached hydrogen (secondary N) is 1. The molecule has 1 aromatic rings. The van der Waals surface area contributed by atoms with Crippen molar-refractivity contribution < 1.29 is 9.52 Å². The molecule has 0 aliphatic heterocycles. The summed E-state index contributed by atoms with van der Waals surface area (Å²) >= 11 is 6.54. The Morgan fingerprint density at radius 3 is 2.75 bits per heavy atom. The maximum absolute atomic E-state index is 8.49. The van der Waals surface area contributed by atoms with Gasteiger partial charge in [0.15, 0.2) is 4.67 Å². The van der Waals surface area contributed by atoms with E-state index in [0.717, 1.165) is 10.2 Å². The Bertz CT molecular complexity index is 230. The quantitative estimate of drug-likeness (QED) is 0.835. The molecule has 0 aromatic carbocycles. The van der Waals surface area contributed by atoms with E-state index in [1.54, 1.807) is 0 Å². The molecule has 12 heavy (non-hydrogen) atoms. The number of aliphatic hydroxyl groups excluding tert-OH is 1. The van der Waals surface area contributed by atoms with Gasteiger partial charge in [-0.3, -0.25) is 0 Å². The van der Waals surface area contributed by atoms with E-state index in [2.05, 4.69) is 37.2 Å². The molecule has 0 bridgehead atoms. The largest absolute Gasteiger partial charge is 0.452 e. The van der Waals surface area contributed by atoms with E-state index in [9.17, 15) is 0 Å². The van der Waals surface area contributed by atoms with Crippen LogP contribution >= 0.6 is 31.9 Å². The fourth-order valence-corrected chi connectivity index (χ4v) is 1.43. The highest BCUT2D eigenvalue weighted by molar-refractivity contribution is 9.13. The van der Waals surface area contributed by atoms with Crippen LogP contribution in [0.5, 0.6) is 0 Å². The standard InChI is InChI=1S/C7H9Br2NO2/c8-6-3-5(12-7(6)9)4-10-1-2-11/h3,10-11H,1-2,4H2. The summed E-state index contributed by atoms with van der Waals surface area (Å²) in [4.78, 5) is 0. The molecule has 3 nitrogen and oxygen atoms in total. The van der Waals surface area contributed by atoms with Gasteiger partial charge in [-0.15, -0.1) is 0 Å². The molecule has 0 fully saturated rings. The summed E-state index contributed by atoms with van der Waals surface area (Å²) in [6.07, 6.45) is 0. The second-order valence-corrected chi connectivity index (χ2v) is 3.81. The van der Waals surface area contributed by atoms with E-state index >= 15 is 0 Å². The first-order valence-electron chi connectivity index (χ1n) is 3.49. The normalized spacial score (nSPS) is 10.6. The van der Waals surface area contributed by atoms with Crippen LogP contribution in [0, 0.1) is 0 Å². The smallest absolute Gasteiger partial charge is 0.183 e. The summed E-state index contributed by atoms with van der Waals surface area (Å²) in [7, 11) is 0. The first kappa shape index (κ1) is 10.2. The average Bonchev–Trinajstić information content (AvgIpc) is 2.32. The maximum atomic E-state index is 8.49. The van der Waals surface area contributed by atoms with E-state index < -0.39 is 0 Å². The zero-order valence-corrected chi connectivity index (χ0v) is 9.48. The van der Waals surface area contributed by atoms with E-state index in [1.165, 1.54) is 0 Å². The van der Waals surface area contributed by atoms with Crippen molar-refractivity contribution in [1.82, 2.24) is 5.32 Å². The van der Waals surface area contributed by atoms with Gasteiger partial charge in [-0.05, 0) is 37.9 Å². The summed E-state index contributed by atoms with van der Waals surface area (Å²) in [6.45, 7) is 1.35. The summed E-state index contributed by atoms with van der Waals surface area (Å²) in [6, 6.07) is 1.88. The van der Waals surface area contributed by atoms with Crippen molar-refractivity contribution in [2.45, 2.75) is 6.54 Å². The molecule has 0 aliphatic rings. The zero-order chi connectivity index (χ0) is 8.97. The molecule has 0 unspecified atom stereocenters. The SMILES string of the molecule is OCCNCc1cc(Br)c(Br)o1. The lowest BCUT2D eigenvalue weighted by Gasteiger charge is -1.97. The minimum Gasteiger partial charge on any atom is -0.452 e. The molecule has 0 saturated carbocycles. The van der Waals surface area contributed by atoms with Gasteiger partial charge in [0, 0.05) is 6.54 Å². The Hall–Kier alpha value is 0.160. The fraction of sp³-hybridized carbons (Fsp3) is 0.429. The maximum Gasteiger partial charge on any atom is 0.183 e. The molecule has 5 heteroatoms. The lowest BCUT2D eigenvalue weighted by Crippen LogP contribution is -2.16. The second kappa shape index (κ2) is 5.01. The minimum absolute atomic E-state index is 0.142. The molecule has 2 N–H and O–H groups in total. The molecule has 0 radical (unpaired) electrons. The molecule has 0 spiro atoms. The number of aliphatic hydroxyl groups is 1. The van der Waals surface area contributed by atoms with E-state index in [1.807, 2.05) is 6.07 Å². The van der Waals surface area contributed by atoms with Crippen molar-refractivity contribution in [3.05, 3.63) is 21.0 Å². The molecular weight excluding hydrogens is 290 g/mol. The Balaban J connectivity index is 2.42. The van der Waals surface area contributed by atoms with Gasteiger partial charge in [-0.2, -0.15) is 0 Å². The Labute approximate surface area is 87.4 Å². The van der Waals surface area contributed by atoms with E-state index in [0.29, 0.717) is 17.8 Å². The molecule has 1 rings (SSSR count). The van der Waals surface area contributed by atoms with E-state index in [-0.39, 0.29) is 6.61 Å². The predicted molar refractivity (Wildman–Crippen MR) is 52.9 cm³/mol. The number of rotatable bonds is 4. The van der Waals surface area contributed by atoms with Crippen molar-refractivity contribution in [3.8, 4) is 0 Å². The van der Waals surface area contributed by atoms with Gasteiger partial charge in [0.05, 0.1) is 17.6 Å². The summed E-state index contributed by atoms with van der Waals surface area (Å²) in [5, 5.41) is 11.5. The van der Waals surface area contributed by atoms with Gasteiger partial charge in [-0.1, -0.05) is 0 Å². The number of hydrogen-bond acceptors (Lipinski definition) is 3. The van der Waals surface area contributed by atoms with Crippen LogP contribution in [-0.2, 0) is 6.54 Å². The molecule has 1 heterocycles. The summed E-state index contributed by atoms with van der Waals surface area (Å²) in [5.41, 5.74) is 0. The minimum atomic E-state index is 0.142. The monoisotopic (exact) mass is 297 g/mol. The van der Waals surface area contributed by atoms with Crippen molar-refractivity contribution >= 4 is 31.9 Å². The van der Waals surface area contributed by atoms with Crippen LogP contribution < -0.4 is 5.32 Å². The molecule has 0 amide bonds. The molecule has 0 aliphatic carbocycles. The molecular formula is C7H9Br2NO2. The van der Waals surface area contributed by atoms with Crippen molar-refractivity contribution in [1.29, 1.82) is 0 Å². The Kier molecular flexibility index (Phi) is 4.28. The third kappa shape index (κ3) is 2.90. The van der Waals surface area contributed by atoms with Crippen LogP contribution in [0.3, 0.4) is 0 Å². The van der Waals surface area contributed by atoms with Gasteiger partial charge in [0.1, 0.15) is 5.76 Å². The van der Waals surface area contributed by atoms with Crippen molar-refractivity contribution in [2.24, 2.45) is 0 Å². The molecule has 1 aromatic heterocycles. The topological polar surface area (TPSA) is 45.4 Å². The average molecular weight is 299 g/mol. The van der Waals surface area contributed by atoms with Crippen molar-refractivity contribution in [3.63, 3.8) is 0 Å². The lowest BCUT2D eigenvalue weighted by molar-refractivity contribution is 0.289. The summed E-state index contributed by atoms with van der Waals surface area (Å²) < 4.78 is 6.89. The van der Waals surface area contributed by atoms with Crippen LogP contribution in [0.1, 0.15) is 5.76 Å². The Morgan fingerprint density at radius 1 is 1.50 bits per heavy atom. The van der Waals surface area contributed by atoms with Gasteiger partial charge in [0.2, 0.25) is 0 Å². The zero-order valence-electron chi connectivity index (χ0n) is 6.31. The highest BCUT2D eigenvalue weighted by atomic mass is 79.9. The molecule has 68 valence electrons. The van der Waals surface area contributed by atoms with Crippen LogP contribution in [0.15, 0.2) is 19.6 Å². The van der Waals surface area contributed by atoms with Gasteiger partial charge in [-0.25, -0.2) is 0 Å². The molecule has 0 saturated heterocycles. The van der Waals surface area contributed by atoms with Gasteiger partial charge < -0.3 is 14.8 Å². The number of hydrogen-bond donors (Lipinski definition) is 2. The highest BCUT2D eigenvalue weighted by Gasteiger charge is 2.04. The van der Waals surface area contributed by atoms with Crippen LogP contribution in [-0.4, -0.2) is 18.3 Å². The predicted octanol–water partition coefficient (Wildman–Crippen LogP) is 1.89. The third-order valence-corrected chi connectivity index (χ3v) is 2.99. The van der Waals surface area contributed by atoms with Crippen molar-refractivity contribution in [2.75, 3.05) is 13.2 Å². The number of furan rings is 1. The Morgan fingerprint density at radius 2 is 2.25 bits per heavy atom. The van der Waals surface area contributed by atoms with E-state index in [4.69, 9.17) is 9.52 Å². The van der Waals surface area contributed by atoms with Crippen LogP contribution in [0.25, 0.3) is 0 Å². The molecule has 0 atom stereocenters. The summed E-state index contributed by atoms with van der Waals surface area (Å²) in [5.74, 6) is 0.835. The highest BCUT2D eigenvalue weighted by Crippen LogP contribution is 2.26. The van der Waals surface area contributed by atoms with Gasteiger partial charge >= 0.3 is 0 Å². The first-order chi connectivity index (χ1) is 5.74. The van der Waals surface area contributed by atoms with Crippen LogP contribution in [0.4, 0.5) is 0 Å².